The molecule has 1 aromatic carbocycles. The fourth-order valence-electron chi connectivity index (χ4n) is 1.62. The summed E-state index contributed by atoms with van der Waals surface area (Å²) in [5.74, 6) is 1.02. The van der Waals surface area contributed by atoms with Gasteiger partial charge >= 0.3 is 6.18 Å². The van der Waals surface area contributed by atoms with Gasteiger partial charge in [0.2, 0.25) is 0 Å². The maximum absolute atomic E-state index is 12.8. The van der Waals surface area contributed by atoms with Gasteiger partial charge in [0, 0.05) is 5.56 Å². The van der Waals surface area contributed by atoms with Gasteiger partial charge in [-0.3, -0.25) is 0 Å². The van der Waals surface area contributed by atoms with Crippen LogP contribution in [0.1, 0.15) is 22.8 Å². The van der Waals surface area contributed by atoms with Crippen LogP contribution in [0.3, 0.4) is 0 Å². The number of hydrogen-bond acceptors (Lipinski definition) is 3. The smallest absolute Gasteiger partial charge is 0.202 e. The van der Waals surface area contributed by atoms with Crippen LogP contribution in [0.4, 0.5) is 13.2 Å². The van der Waals surface area contributed by atoms with E-state index in [0.717, 1.165) is 12.3 Å². The highest BCUT2D eigenvalue weighted by Gasteiger charge is 2.32. The van der Waals surface area contributed by atoms with Gasteiger partial charge in [0.25, 0.3) is 0 Å². The minimum absolute atomic E-state index is 0.00231. The van der Waals surface area contributed by atoms with E-state index in [1.807, 2.05) is 0 Å². The molecule has 4 nitrogen and oxygen atoms in total. The van der Waals surface area contributed by atoms with Gasteiger partial charge in [-0.05, 0) is 19.9 Å². The molecule has 2 aromatic rings. The average molecular weight is 268 g/mol. The molecular weight excluding hydrogens is 257 g/mol. The molecule has 0 bridgehead atoms. The molecule has 1 aromatic heterocycles. The van der Waals surface area contributed by atoms with Crippen LogP contribution >= 0.6 is 0 Å². The van der Waals surface area contributed by atoms with Crippen molar-refractivity contribution in [3.8, 4) is 0 Å². The summed E-state index contributed by atoms with van der Waals surface area (Å²) in [4.78, 5) is 0. The van der Waals surface area contributed by atoms with Gasteiger partial charge in [0.05, 0.1) is 11.8 Å². The Kier molecular flexibility index (Phi) is 3.37. The number of benzene rings is 1. The van der Waals surface area contributed by atoms with E-state index in [4.69, 9.17) is 0 Å². The van der Waals surface area contributed by atoms with Crippen LogP contribution in [0.2, 0.25) is 0 Å². The molecular formula is C12H11F3N4. The first kappa shape index (κ1) is 13.3. The Morgan fingerprint density at radius 1 is 1.11 bits per heavy atom. The van der Waals surface area contributed by atoms with Crippen molar-refractivity contribution in [2.75, 3.05) is 0 Å². The van der Waals surface area contributed by atoms with Crippen LogP contribution < -0.4 is 0 Å². The quantitative estimate of drug-likeness (QED) is 0.786. The molecule has 0 spiro atoms. The van der Waals surface area contributed by atoms with Gasteiger partial charge in [-0.1, -0.05) is 18.2 Å². The Bertz CT molecular complexity index is 594. The highest BCUT2D eigenvalue weighted by molar-refractivity contribution is 5.81. The number of aromatic nitrogens is 3. The van der Waals surface area contributed by atoms with Crippen molar-refractivity contribution >= 4 is 6.21 Å². The van der Waals surface area contributed by atoms with Gasteiger partial charge in [-0.15, -0.1) is 10.2 Å². The summed E-state index contributed by atoms with van der Waals surface area (Å²) in [6.45, 7) is 3.35. The van der Waals surface area contributed by atoms with Crippen LogP contribution in [0.5, 0.6) is 0 Å². The first-order valence-corrected chi connectivity index (χ1v) is 5.49. The Morgan fingerprint density at radius 3 is 2.26 bits per heavy atom. The van der Waals surface area contributed by atoms with Crippen molar-refractivity contribution in [1.29, 1.82) is 0 Å². The normalized spacial score (nSPS) is 12.3. The van der Waals surface area contributed by atoms with Gasteiger partial charge in [0.1, 0.15) is 0 Å². The van der Waals surface area contributed by atoms with Crippen LogP contribution in [0.25, 0.3) is 0 Å². The average Bonchev–Trinajstić information content (AvgIpc) is 2.66. The third-order valence-electron chi connectivity index (χ3n) is 2.53. The molecule has 0 aliphatic rings. The number of halogens is 3. The van der Waals surface area contributed by atoms with E-state index in [-0.39, 0.29) is 5.56 Å². The maximum Gasteiger partial charge on any atom is 0.417 e. The van der Waals surface area contributed by atoms with Gasteiger partial charge < -0.3 is 0 Å². The highest BCUT2D eigenvalue weighted by atomic mass is 19.4. The Labute approximate surface area is 107 Å². The molecule has 0 radical (unpaired) electrons. The van der Waals surface area contributed by atoms with Gasteiger partial charge in [-0.25, -0.2) is 4.68 Å². The highest BCUT2D eigenvalue weighted by Crippen LogP contribution is 2.31. The maximum atomic E-state index is 12.8. The lowest BCUT2D eigenvalue weighted by molar-refractivity contribution is -0.137. The molecule has 0 saturated heterocycles. The van der Waals surface area contributed by atoms with Crippen molar-refractivity contribution < 1.29 is 13.2 Å². The summed E-state index contributed by atoms with van der Waals surface area (Å²) >= 11 is 0. The molecule has 1 heterocycles. The molecule has 0 atom stereocenters. The summed E-state index contributed by atoms with van der Waals surface area (Å²) in [7, 11) is 0. The van der Waals surface area contributed by atoms with Crippen molar-refractivity contribution in [2.24, 2.45) is 5.10 Å². The summed E-state index contributed by atoms with van der Waals surface area (Å²) in [5, 5.41) is 11.5. The lowest BCUT2D eigenvalue weighted by Crippen LogP contribution is -2.09. The fourth-order valence-corrected chi connectivity index (χ4v) is 1.62. The monoisotopic (exact) mass is 268 g/mol. The molecule has 0 unspecified atom stereocenters. The van der Waals surface area contributed by atoms with Crippen LogP contribution in [-0.4, -0.2) is 21.1 Å². The van der Waals surface area contributed by atoms with Gasteiger partial charge in [0.15, 0.2) is 11.6 Å². The first-order valence-electron chi connectivity index (χ1n) is 5.49. The second kappa shape index (κ2) is 4.83. The number of hydrogen-bond donors (Lipinski definition) is 0. The molecule has 0 saturated carbocycles. The minimum Gasteiger partial charge on any atom is -0.202 e. The summed E-state index contributed by atoms with van der Waals surface area (Å²) in [6.07, 6.45) is -3.24. The number of nitrogens with zero attached hydrogens (tertiary/aromatic N) is 4. The third-order valence-corrected chi connectivity index (χ3v) is 2.53. The predicted molar refractivity (Wildman–Crippen MR) is 63.9 cm³/mol. The van der Waals surface area contributed by atoms with E-state index in [9.17, 15) is 13.2 Å². The molecule has 19 heavy (non-hydrogen) atoms. The molecule has 0 N–H and O–H groups in total. The van der Waals surface area contributed by atoms with Crippen LogP contribution in [0.15, 0.2) is 29.4 Å². The van der Waals surface area contributed by atoms with Crippen molar-refractivity contribution in [3.05, 3.63) is 47.0 Å². The molecule has 2 rings (SSSR count). The lowest BCUT2D eigenvalue weighted by Gasteiger charge is -2.09. The van der Waals surface area contributed by atoms with Crippen molar-refractivity contribution in [3.63, 3.8) is 0 Å². The summed E-state index contributed by atoms with van der Waals surface area (Å²) in [6, 6.07) is 5.26. The van der Waals surface area contributed by atoms with Crippen LogP contribution in [0, 0.1) is 13.8 Å². The van der Waals surface area contributed by atoms with Crippen molar-refractivity contribution in [2.45, 2.75) is 20.0 Å². The van der Waals surface area contributed by atoms with E-state index in [1.165, 1.54) is 22.9 Å². The SMILES string of the molecule is Cc1nnc(C)n1/N=C/c1ccccc1C(F)(F)F. The second-order valence-electron chi connectivity index (χ2n) is 3.94. The third kappa shape index (κ3) is 2.81. The van der Waals surface area contributed by atoms with E-state index >= 15 is 0 Å². The zero-order valence-corrected chi connectivity index (χ0v) is 10.3. The predicted octanol–water partition coefficient (Wildman–Crippen LogP) is 2.80. The van der Waals surface area contributed by atoms with Crippen LogP contribution in [-0.2, 0) is 6.18 Å². The lowest BCUT2D eigenvalue weighted by atomic mass is 10.1. The number of alkyl halides is 3. The molecule has 0 aliphatic carbocycles. The Morgan fingerprint density at radius 2 is 1.68 bits per heavy atom. The summed E-state index contributed by atoms with van der Waals surface area (Å²) < 4.78 is 39.7. The number of aryl methyl sites for hydroxylation is 2. The standard InChI is InChI=1S/C12H11F3N4/c1-8-17-18-9(2)19(8)16-7-10-5-3-4-6-11(10)12(13,14)15/h3-7H,1-2H3/b16-7+. The largest absolute Gasteiger partial charge is 0.417 e. The first-order chi connectivity index (χ1) is 8.89. The summed E-state index contributed by atoms with van der Waals surface area (Å²) in [5.41, 5.74) is -0.718. The fraction of sp³-hybridized carbons (Fsp3) is 0.250. The molecule has 0 aliphatic heterocycles. The molecule has 100 valence electrons. The van der Waals surface area contributed by atoms with E-state index < -0.39 is 11.7 Å². The second-order valence-corrected chi connectivity index (χ2v) is 3.94. The van der Waals surface area contributed by atoms with Gasteiger partial charge in [-0.2, -0.15) is 18.3 Å². The zero-order valence-electron chi connectivity index (χ0n) is 10.3. The number of rotatable bonds is 2. The van der Waals surface area contributed by atoms with E-state index in [1.54, 1.807) is 13.8 Å². The Hall–Kier alpha value is -2.18. The van der Waals surface area contributed by atoms with Crippen molar-refractivity contribution in [1.82, 2.24) is 14.9 Å². The molecule has 0 fully saturated rings. The van der Waals surface area contributed by atoms with E-state index in [2.05, 4.69) is 15.3 Å². The zero-order chi connectivity index (χ0) is 14.0. The minimum atomic E-state index is -4.40. The molecule has 0 amide bonds. The Balaban J connectivity index is 2.40. The topological polar surface area (TPSA) is 43.1 Å². The van der Waals surface area contributed by atoms with E-state index in [0.29, 0.717) is 11.6 Å². The molecule has 7 heteroatoms.